The van der Waals surface area contributed by atoms with E-state index in [1.807, 2.05) is 43.7 Å². The van der Waals surface area contributed by atoms with Gasteiger partial charge < -0.3 is 19.1 Å². The van der Waals surface area contributed by atoms with E-state index >= 15 is 0 Å². The predicted molar refractivity (Wildman–Crippen MR) is 163 cm³/mol. The van der Waals surface area contributed by atoms with Crippen molar-refractivity contribution >= 4 is 34.5 Å². The summed E-state index contributed by atoms with van der Waals surface area (Å²) in [7, 11) is 3.05. The SMILES string of the molecule is COC(=O)c1c(C)nn(C(C)C)c1C1=Cc2cc(OC)ccc2-c2c(C3CCCCC3)c3ccc(C(=O)O)cc3n2C1. The molecule has 8 nitrogen and oxygen atoms in total. The Morgan fingerprint density at radius 2 is 1.79 bits per heavy atom. The highest BCUT2D eigenvalue weighted by atomic mass is 16.5. The normalized spacial score (nSPS) is 15.2. The molecule has 0 atom stereocenters. The van der Waals surface area contributed by atoms with Crippen LogP contribution < -0.4 is 4.74 Å². The van der Waals surface area contributed by atoms with Crippen molar-refractivity contribution in [2.45, 2.75) is 71.4 Å². The van der Waals surface area contributed by atoms with E-state index in [0.717, 1.165) is 51.9 Å². The quantitative estimate of drug-likeness (QED) is 0.243. The molecule has 3 heterocycles. The summed E-state index contributed by atoms with van der Waals surface area (Å²) in [5, 5.41) is 15.8. The lowest BCUT2D eigenvalue weighted by Gasteiger charge is -2.24. The Hall–Kier alpha value is -4.33. The number of hydrogen-bond acceptors (Lipinski definition) is 5. The first kappa shape index (κ1) is 27.8. The molecule has 1 aliphatic heterocycles. The summed E-state index contributed by atoms with van der Waals surface area (Å²) in [5.74, 6) is -0.275. The van der Waals surface area contributed by atoms with Crippen LogP contribution in [0.2, 0.25) is 0 Å². The first-order valence-corrected chi connectivity index (χ1v) is 14.7. The van der Waals surface area contributed by atoms with Gasteiger partial charge in [0.2, 0.25) is 0 Å². The van der Waals surface area contributed by atoms with Crippen molar-refractivity contribution in [2.24, 2.45) is 0 Å². The molecule has 0 amide bonds. The number of carboxylic acid groups (broad SMARTS) is 1. The van der Waals surface area contributed by atoms with Gasteiger partial charge in [-0.15, -0.1) is 0 Å². The van der Waals surface area contributed by atoms with E-state index in [0.29, 0.717) is 29.4 Å². The zero-order chi connectivity index (χ0) is 29.7. The molecule has 218 valence electrons. The fourth-order valence-corrected chi connectivity index (χ4v) is 6.89. The highest BCUT2D eigenvalue weighted by Gasteiger charge is 2.32. The van der Waals surface area contributed by atoms with Crippen molar-refractivity contribution in [1.82, 2.24) is 14.3 Å². The second-order valence-electron chi connectivity index (χ2n) is 11.7. The Morgan fingerprint density at radius 1 is 1.02 bits per heavy atom. The third-order valence-corrected chi connectivity index (χ3v) is 8.80. The molecule has 2 aliphatic rings. The number of aromatic nitrogens is 3. The second kappa shape index (κ2) is 10.8. The molecule has 4 aromatic rings. The lowest BCUT2D eigenvalue weighted by molar-refractivity contribution is 0.0598. The summed E-state index contributed by atoms with van der Waals surface area (Å²) >= 11 is 0. The minimum atomic E-state index is -0.956. The number of allylic oxidation sites excluding steroid dienone is 1. The van der Waals surface area contributed by atoms with Crippen molar-refractivity contribution < 1.29 is 24.2 Å². The van der Waals surface area contributed by atoms with E-state index < -0.39 is 11.9 Å². The zero-order valence-corrected chi connectivity index (χ0v) is 24.9. The fourth-order valence-electron chi connectivity index (χ4n) is 6.89. The van der Waals surface area contributed by atoms with Crippen LogP contribution in [0, 0.1) is 6.92 Å². The van der Waals surface area contributed by atoms with Crippen LogP contribution in [-0.2, 0) is 11.3 Å². The predicted octanol–water partition coefficient (Wildman–Crippen LogP) is 7.49. The van der Waals surface area contributed by atoms with Crippen molar-refractivity contribution in [1.29, 1.82) is 0 Å². The van der Waals surface area contributed by atoms with Crippen LogP contribution in [0.3, 0.4) is 0 Å². The number of methoxy groups -OCH3 is 2. The number of aromatic carboxylic acids is 1. The molecule has 2 aromatic carbocycles. The first-order chi connectivity index (χ1) is 20.2. The van der Waals surface area contributed by atoms with Gasteiger partial charge in [0.15, 0.2) is 0 Å². The van der Waals surface area contributed by atoms with Gasteiger partial charge in [-0.1, -0.05) is 25.3 Å². The van der Waals surface area contributed by atoms with Crippen LogP contribution in [-0.4, -0.2) is 45.6 Å². The lowest BCUT2D eigenvalue weighted by atomic mass is 9.81. The van der Waals surface area contributed by atoms with Gasteiger partial charge in [0.1, 0.15) is 11.3 Å². The molecule has 6 rings (SSSR count). The second-order valence-corrected chi connectivity index (χ2v) is 11.7. The van der Waals surface area contributed by atoms with E-state index in [2.05, 4.69) is 16.7 Å². The van der Waals surface area contributed by atoms with E-state index in [9.17, 15) is 14.7 Å². The largest absolute Gasteiger partial charge is 0.497 e. The van der Waals surface area contributed by atoms with Crippen LogP contribution in [0.5, 0.6) is 5.75 Å². The van der Waals surface area contributed by atoms with E-state index in [4.69, 9.17) is 14.6 Å². The van der Waals surface area contributed by atoms with Gasteiger partial charge in [0, 0.05) is 22.5 Å². The average molecular weight is 568 g/mol. The topological polar surface area (TPSA) is 95.6 Å². The van der Waals surface area contributed by atoms with Crippen LogP contribution in [0.25, 0.3) is 33.8 Å². The Bertz CT molecular complexity index is 1750. The third-order valence-electron chi connectivity index (χ3n) is 8.80. The van der Waals surface area contributed by atoms with Crippen LogP contribution in [0.4, 0.5) is 0 Å². The number of ether oxygens (including phenoxy) is 2. The standard InChI is InChI=1S/C34H37N3O5/c1-19(2)37-31(29(20(3)35-37)34(40)42-5)24-15-23-16-25(41-4)12-14-26(23)32-30(21-9-7-6-8-10-21)27-13-11-22(33(38)39)17-28(27)36(32)18-24/h11-17,19,21H,6-10,18H2,1-5H3,(H,38,39). The molecule has 2 aromatic heterocycles. The number of carbonyl (C=O) groups is 2. The molecule has 0 saturated heterocycles. The summed E-state index contributed by atoms with van der Waals surface area (Å²) in [4.78, 5) is 25.3. The number of carboxylic acids is 1. The maximum absolute atomic E-state index is 13.2. The summed E-state index contributed by atoms with van der Waals surface area (Å²) in [6.07, 6.45) is 7.93. The molecular weight excluding hydrogens is 530 g/mol. The number of rotatable bonds is 6. The molecule has 0 radical (unpaired) electrons. The van der Waals surface area contributed by atoms with E-state index in [1.165, 1.54) is 31.9 Å². The maximum atomic E-state index is 13.2. The van der Waals surface area contributed by atoms with Gasteiger partial charge in [0.25, 0.3) is 0 Å². The van der Waals surface area contributed by atoms with Crippen LogP contribution in [0.1, 0.15) is 101 Å². The monoisotopic (exact) mass is 567 g/mol. The van der Waals surface area contributed by atoms with Gasteiger partial charge in [-0.25, -0.2) is 9.59 Å². The molecule has 0 bridgehead atoms. The van der Waals surface area contributed by atoms with Gasteiger partial charge in [-0.2, -0.15) is 5.10 Å². The van der Waals surface area contributed by atoms with Gasteiger partial charge in [-0.05, 0) is 92.6 Å². The summed E-state index contributed by atoms with van der Waals surface area (Å²) < 4.78 is 15.0. The minimum Gasteiger partial charge on any atom is -0.497 e. The van der Waals surface area contributed by atoms with Crippen molar-refractivity contribution in [2.75, 3.05) is 14.2 Å². The number of fused-ring (bicyclic) bond motifs is 5. The molecule has 1 N–H and O–H groups in total. The Labute approximate surface area is 245 Å². The lowest BCUT2D eigenvalue weighted by Crippen LogP contribution is -2.13. The van der Waals surface area contributed by atoms with E-state index in [1.54, 1.807) is 19.2 Å². The number of nitrogens with zero attached hydrogens (tertiary/aromatic N) is 3. The average Bonchev–Trinajstić information content (AvgIpc) is 3.45. The van der Waals surface area contributed by atoms with Crippen molar-refractivity contribution in [3.63, 3.8) is 0 Å². The molecular formula is C34H37N3O5. The van der Waals surface area contributed by atoms with E-state index in [-0.39, 0.29) is 11.6 Å². The highest BCUT2D eigenvalue weighted by Crippen LogP contribution is 2.48. The molecule has 1 saturated carbocycles. The molecule has 0 unspecified atom stereocenters. The Morgan fingerprint density at radius 3 is 2.45 bits per heavy atom. The molecule has 1 aliphatic carbocycles. The number of aryl methyl sites for hydroxylation is 1. The Kier molecular flexibility index (Phi) is 7.17. The third kappa shape index (κ3) is 4.49. The number of esters is 1. The van der Waals surface area contributed by atoms with Crippen molar-refractivity contribution in [3.8, 4) is 17.0 Å². The Balaban J connectivity index is 1.71. The summed E-state index contributed by atoms with van der Waals surface area (Å²) in [6, 6.07) is 11.6. The zero-order valence-electron chi connectivity index (χ0n) is 24.9. The number of hydrogen-bond donors (Lipinski definition) is 1. The van der Waals surface area contributed by atoms with Crippen molar-refractivity contribution in [3.05, 3.63) is 70.0 Å². The van der Waals surface area contributed by atoms with Gasteiger partial charge in [0.05, 0.1) is 43.4 Å². The molecule has 8 heteroatoms. The minimum absolute atomic E-state index is 0.0108. The molecule has 1 fully saturated rings. The first-order valence-electron chi connectivity index (χ1n) is 14.7. The number of carbonyl (C=O) groups excluding carboxylic acids is 1. The van der Waals surface area contributed by atoms with Crippen LogP contribution in [0.15, 0.2) is 36.4 Å². The smallest absolute Gasteiger partial charge is 0.341 e. The fraction of sp³-hybridized carbons (Fsp3) is 0.382. The number of benzene rings is 2. The van der Waals surface area contributed by atoms with Gasteiger partial charge >= 0.3 is 11.9 Å². The summed E-state index contributed by atoms with van der Waals surface area (Å²) in [6.45, 7) is 6.35. The van der Waals surface area contributed by atoms with Gasteiger partial charge in [-0.3, -0.25) is 4.68 Å². The van der Waals surface area contributed by atoms with Crippen LogP contribution >= 0.6 is 0 Å². The summed E-state index contributed by atoms with van der Waals surface area (Å²) in [5.41, 5.74) is 8.22. The highest BCUT2D eigenvalue weighted by molar-refractivity contribution is 6.03. The molecule has 42 heavy (non-hydrogen) atoms. The maximum Gasteiger partial charge on any atom is 0.341 e. The molecule has 0 spiro atoms.